The molecule has 0 unspecified atom stereocenters. The van der Waals surface area contributed by atoms with Gasteiger partial charge in [-0.3, -0.25) is 4.79 Å². The summed E-state index contributed by atoms with van der Waals surface area (Å²) in [5.41, 5.74) is 0.740. The normalized spacial score (nSPS) is 10.5. The van der Waals surface area contributed by atoms with Crippen LogP contribution in [0.4, 0.5) is 5.13 Å². The van der Waals surface area contributed by atoms with Crippen LogP contribution in [0.2, 0.25) is 0 Å². The van der Waals surface area contributed by atoms with Crippen LogP contribution in [0.25, 0.3) is 0 Å². The van der Waals surface area contributed by atoms with E-state index in [1.54, 1.807) is 18.3 Å². The van der Waals surface area contributed by atoms with Crippen molar-refractivity contribution in [1.82, 2.24) is 9.97 Å². The van der Waals surface area contributed by atoms with Crippen LogP contribution >= 0.6 is 22.7 Å². The number of carbonyl (C=O) groups excluding carboxylic acids is 1. The predicted octanol–water partition coefficient (Wildman–Crippen LogP) is 2.88. The fourth-order valence-corrected chi connectivity index (χ4v) is 3.09. The second kappa shape index (κ2) is 7.35. The van der Waals surface area contributed by atoms with Gasteiger partial charge < -0.3 is 10.1 Å². The Labute approximate surface area is 126 Å². The molecule has 0 atom stereocenters. The third-order valence-corrected chi connectivity index (χ3v) is 4.51. The first-order valence-electron chi connectivity index (χ1n) is 6.48. The zero-order valence-corrected chi connectivity index (χ0v) is 13.1. The van der Waals surface area contributed by atoms with Gasteiger partial charge in [0.1, 0.15) is 5.01 Å². The molecule has 0 saturated carbocycles. The van der Waals surface area contributed by atoms with Gasteiger partial charge >= 0.3 is 5.97 Å². The van der Waals surface area contributed by atoms with Crippen molar-refractivity contribution >= 4 is 33.8 Å². The maximum absolute atomic E-state index is 11.4. The molecule has 0 aliphatic rings. The summed E-state index contributed by atoms with van der Waals surface area (Å²) in [5.74, 6) is -0.239. The Morgan fingerprint density at radius 2 is 2.30 bits per heavy atom. The molecular weight excluding hydrogens is 294 g/mol. The number of thiazole rings is 2. The van der Waals surface area contributed by atoms with Crippen LogP contribution in [0.3, 0.4) is 0 Å². The summed E-state index contributed by atoms with van der Waals surface area (Å²) in [6.45, 7) is 4.98. The molecule has 20 heavy (non-hydrogen) atoms. The molecule has 0 bridgehead atoms. The molecule has 0 aromatic carbocycles. The largest absolute Gasteiger partial charge is 0.466 e. The Kier molecular flexibility index (Phi) is 5.49. The van der Waals surface area contributed by atoms with Crippen molar-refractivity contribution in [3.05, 3.63) is 27.2 Å². The van der Waals surface area contributed by atoms with Crippen molar-refractivity contribution in [2.75, 3.05) is 11.9 Å². The van der Waals surface area contributed by atoms with Gasteiger partial charge in [0.05, 0.1) is 25.3 Å². The van der Waals surface area contributed by atoms with Crippen LogP contribution in [-0.4, -0.2) is 22.5 Å². The van der Waals surface area contributed by atoms with Crippen molar-refractivity contribution in [2.24, 2.45) is 0 Å². The Morgan fingerprint density at radius 1 is 1.45 bits per heavy atom. The maximum Gasteiger partial charge on any atom is 0.311 e. The van der Waals surface area contributed by atoms with Gasteiger partial charge in [-0.25, -0.2) is 9.97 Å². The van der Waals surface area contributed by atoms with Gasteiger partial charge in [0, 0.05) is 16.5 Å². The molecule has 2 heterocycles. The maximum atomic E-state index is 11.4. The smallest absolute Gasteiger partial charge is 0.311 e. The lowest BCUT2D eigenvalue weighted by molar-refractivity contribution is -0.142. The molecule has 0 radical (unpaired) electrons. The topological polar surface area (TPSA) is 64.1 Å². The van der Waals surface area contributed by atoms with Gasteiger partial charge in [-0.1, -0.05) is 6.92 Å². The lowest BCUT2D eigenvalue weighted by Gasteiger charge is -1.99. The van der Waals surface area contributed by atoms with Gasteiger partial charge in [0.25, 0.3) is 0 Å². The highest BCUT2D eigenvalue weighted by Gasteiger charge is 2.08. The zero-order valence-electron chi connectivity index (χ0n) is 11.5. The summed E-state index contributed by atoms with van der Waals surface area (Å²) < 4.78 is 4.90. The van der Waals surface area contributed by atoms with Crippen LogP contribution in [0.1, 0.15) is 29.4 Å². The first-order valence-corrected chi connectivity index (χ1v) is 8.18. The van der Waals surface area contributed by atoms with E-state index >= 15 is 0 Å². The van der Waals surface area contributed by atoms with Crippen molar-refractivity contribution in [1.29, 1.82) is 0 Å². The molecule has 0 spiro atoms. The summed E-state index contributed by atoms with van der Waals surface area (Å²) in [6, 6.07) is 0. The van der Waals surface area contributed by atoms with Crippen molar-refractivity contribution in [2.45, 2.75) is 33.2 Å². The van der Waals surface area contributed by atoms with Crippen LogP contribution in [0.15, 0.2) is 11.6 Å². The van der Waals surface area contributed by atoms with Crippen molar-refractivity contribution < 1.29 is 9.53 Å². The monoisotopic (exact) mass is 311 g/mol. The number of aryl methyl sites for hydroxylation is 1. The lowest BCUT2D eigenvalue weighted by atomic mass is 10.3. The number of esters is 1. The van der Waals surface area contributed by atoms with Gasteiger partial charge in [0.2, 0.25) is 0 Å². The van der Waals surface area contributed by atoms with E-state index < -0.39 is 0 Å². The van der Waals surface area contributed by atoms with E-state index in [1.807, 2.05) is 11.6 Å². The minimum atomic E-state index is -0.239. The van der Waals surface area contributed by atoms with E-state index in [0.717, 1.165) is 22.3 Å². The number of hydrogen-bond acceptors (Lipinski definition) is 7. The summed E-state index contributed by atoms with van der Waals surface area (Å²) in [5, 5.41) is 6.95. The molecule has 0 amide bonds. The van der Waals surface area contributed by atoms with E-state index in [0.29, 0.717) is 13.2 Å². The number of carbonyl (C=O) groups is 1. The molecule has 0 fully saturated rings. The third-order valence-electron chi connectivity index (χ3n) is 2.52. The SMILES string of the molecule is CCOC(=O)Cc1csc(NCc2ncc(CC)s2)n1. The lowest BCUT2D eigenvalue weighted by Crippen LogP contribution is -2.07. The van der Waals surface area contributed by atoms with Crippen LogP contribution < -0.4 is 5.32 Å². The zero-order chi connectivity index (χ0) is 14.4. The van der Waals surface area contributed by atoms with Gasteiger partial charge in [0.15, 0.2) is 5.13 Å². The minimum Gasteiger partial charge on any atom is -0.466 e. The highest BCUT2D eigenvalue weighted by molar-refractivity contribution is 7.13. The second-order valence-electron chi connectivity index (χ2n) is 4.05. The van der Waals surface area contributed by atoms with E-state index in [-0.39, 0.29) is 12.4 Å². The first kappa shape index (κ1) is 14.9. The highest BCUT2D eigenvalue weighted by atomic mass is 32.1. The first-order chi connectivity index (χ1) is 9.71. The minimum absolute atomic E-state index is 0.225. The molecular formula is C13H17N3O2S2. The Morgan fingerprint density at radius 3 is 3.00 bits per heavy atom. The molecule has 0 aliphatic heterocycles. The molecule has 2 aromatic rings. The summed E-state index contributed by atoms with van der Waals surface area (Å²) in [7, 11) is 0. The van der Waals surface area contributed by atoms with E-state index in [1.165, 1.54) is 16.2 Å². The third kappa shape index (κ3) is 4.28. The Balaban J connectivity index is 1.84. The van der Waals surface area contributed by atoms with E-state index in [4.69, 9.17) is 4.74 Å². The quantitative estimate of drug-likeness (QED) is 0.797. The summed E-state index contributed by atoms with van der Waals surface area (Å²) in [4.78, 5) is 21.3. The predicted molar refractivity (Wildman–Crippen MR) is 81.3 cm³/mol. The number of nitrogens with zero attached hydrogens (tertiary/aromatic N) is 2. The molecule has 1 N–H and O–H groups in total. The number of anilines is 1. The molecule has 7 heteroatoms. The van der Waals surface area contributed by atoms with E-state index in [2.05, 4.69) is 22.2 Å². The molecule has 5 nitrogen and oxygen atoms in total. The average molecular weight is 311 g/mol. The standard InChI is InChI=1S/C13H17N3O2S2/c1-3-10-6-14-11(20-10)7-15-13-16-9(8-19-13)5-12(17)18-4-2/h6,8H,3-5,7H2,1-2H3,(H,15,16). The van der Waals surface area contributed by atoms with Crippen molar-refractivity contribution in [3.63, 3.8) is 0 Å². The van der Waals surface area contributed by atoms with Gasteiger partial charge in [-0.15, -0.1) is 22.7 Å². The van der Waals surface area contributed by atoms with Crippen LogP contribution in [0.5, 0.6) is 0 Å². The van der Waals surface area contributed by atoms with Gasteiger partial charge in [-0.05, 0) is 13.3 Å². The number of rotatable bonds is 7. The second-order valence-corrected chi connectivity index (χ2v) is 6.11. The molecule has 108 valence electrons. The Hall–Kier alpha value is -1.47. The van der Waals surface area contributed by atoms with Gasteiger partial charge in [-0.2, -0.15) is 0 Å². The highest BCUT2D eigenvalue weighted by Crippen LogP contribution is 2.19. The number of hydrogen-bond donors (Lipinski definition) is 1. The van der Waals surface area contributed by atoms with Crippen LogP contribution in [-0.2, 0) is 28.9 Å². The molecule has 0 aliphatic carbocycles. The molecule has 0 saturated heterocycles. The number of ether oxygens (including phenoxy) is 1. The van der Waals surface area contributed by atoms with E-state index in [9.17, 15) is 4.79 Å². The average Bonchev–Trinajstić information content (AvgIpc) is 3.05. The summed E-state index contributed by atoms with van der Waals surface area (Å²) in [6.07, 6.45) is 3.15. The van der Waals surface area contributed by atoms with Crippen LogP contribution in [0, 0.1) is 0 Å². The molecule has 2 aromatic heterocycles. The van der Waals surface area contributed by atoms with Crippen molar-refractivity contribution in [3.8, 4) is 0 Å². The number of nitrogens with one attached hydrogen (secondary N) is 1. The molecule has 2 rings (SSSR count). The summed E-state index contributed by atoms with van der Waals surface area (Å²) >= 11 is 3.19. The number of aromatic nitrogens is 2. The fourth-order valence-electron chi connectivity index (χ4n) is 1.57. The fraction of sp³-hybridized carbons (Fsp3) is 0.462. The Bertz CT molecular complexity index is 565.